The Kier molecular flexibility index (Phi) is 6.57. The Hall–Kier alpha value is -4.35. The summed E-state index contributed by atoms with van der Waals surface area (Å²) in [5, 5.41) is 12.1. The third kappa shape index (κ3) is 4.01. The largest absolute Gasteiger partial charge is 0.493 e. The van der Waals surface area contributed by atoms with Crippen LogP contribution in [0.5, 0.6) is 17.2 Å². The quantitative estimate of drug-likeness (QED) is 0.173. The van der Waals surface area contributed by atoms with Crippen molar-refractivity contribution in [3.05, 3.63) is 85.4 Å². The van der Waals surface area contributed by atoms with E-state index in [2.05, 4.69) is 0 Å². The Labute approximate surface area is 231 Å². The molecule has 2 aliphatic rings. The monoisotopic (exact) mass is 571 g/mol. The van der Waals surface area contributed by atoms with Crippen molar-refractivity contribution in [1.29, 1.82) is 0 Å². The van der Waals surface area contributed by atoms with Crippen molar-refractivity contribution in [2.45, 2.75) is 12.1 Å². The Morgan fingerprint density at radius 1 is 0.821 bits per heavy atom. The third-order valence-corrected chi connectivity index (χ3v) is 7.06. The predicted octanol–water partition coefficient (Wildman–Crippen LogP) is 4.68. The fourth-order valence-corrected chi connectivity index (χ4v) is 5.50. The minimum atomic E-state index is -1.35. The fourth-order valence-electron chi connectivity index (χ4n) is 4.99. The average Bonchev–Trinajstić information content (AvgIpc) is 3.15. The second kappa shape index (κ2) is 9.75. The number of rotatable bonds is 7. The van der Waals surface area contributed by atoms with E-state index in [-0.39, 0.29) is 32.7 Å². The first-order valence-electron chi connectivity index (χ1n) is 11.4. The number of halogens is 2. The molecule has 0 spiro atoms. The molecule has 2 atom stereocenters. The highest BCUT2D eigenvalue weighted by Crippen LogP contribution is 2.49. The van der Waals surface area contributed by atoms with Gasteiger partial charge in [-0.05, 0) is 42.0 Å². The molecule has 2 aliphatic heterocycles. The van der Waals surface area contributed by atoms with Gasteiger partial charge in [0.05, 0.1) is 37.9 Å². The molecule has 0 N–H and O–H groups in total. The van der Waals surface area contributed by atoms with Gasteiger partial charge in [-0.3, -0.25) is 29.4 Å². The van der Waals surface area contributed by atoms with E-state index in [1.165, 1.54) is 56.6 Å². The molecular formula is C26H19Cl2N3O8. The Morgan fingerprint density at radius 3 is 1.97 bits per heavy atom. The Bertz CT molecular complexity index is 1530. The zero-order chi connectivity index (χ0) is 28.2. The maximum Gasteiger partial charge on any atom is 0.282 e. The molecule has 11 nitrogen and oxygen atoms in total. The minimum absolute atomic E-state index is 0.158. The van der Waals surface area contributed by atoms with Crippen LogP contribution in [-0.4, -0.2) is 54.9 Å². The molecule has 3 aromatic carbocycles. The molecule has 5 rings (SSSR count). The van der Waals surface area contributed by atoms with Gasteiger partial charge in [-0.1, -0.05) is 29.3 Å². The van der Waals surface area contributed by atoms with Crippen LogP contribution in [0.25, 0.3) is 0 Å². The first-order valence-corrected chi connectivity index (χ1v) is 12.1. The number of imide groups is 1. The normalized spacial score (nSPS) is 18.1. The van der Waals surface area contributed by atoms with E-state index in [0.29, 0.717) is 17.0 Å². The molecule has 0 aromatic heterocycles. The van der Waals surface area contributed by atoms with E-state index >= 15 is 0 Å². The molecule has 2 heterocycles. The summed E-state index contributed by atoms with van der Waals surface area (Å²) in [5.74, 6) is -1.55. The highest BCUT2D eigenvalue weighted by atomic mass is 35.5. The molecule has 1 fully saturated rings. The number of β-lactam (4-membered cyclic amide) rings is 1. The number of hydrogen-bond donors (Lipinski definition) is 0. The topological polar surface area (TPSA) is 129 Å². The number of methoxy groups -OCH3 is 3. The number of benzene rings is 3. The van der Waals surface area contributed by atoms with Crippen LogP contribution >= 0.6 is 23.2 Å². The zero-order valence-corrected chi connectivity index (χ0v) is 22.1. The van der Waals surface area contributed by atoms with Gasteiger partial charge in [0.15, 0.2) is 11.5 Å². The first kappa shape index (κ1) is 26.3. The molecule has 3 aromatic rings. The summed E-state index contributed by atoms with van der Waals surface area (Å²) < 4.78 is 16.3. The molecule has 13 heteroatoms. The van der Waals surface area contributed by atoms with Gasteiger partial charge in [0.1, 0.15) is 11.6 Å². The van der Waals surface area contributed by atoms with Crippen molar-refractivity contribution in [2.24, 2.45) is 0 Å². The van der Waals surface area contributed by atoms with Gasteiger partial charge >= 0.3 is 0 Å². The summed E-state index contributed by atoms with van der Waals surface area (Å²) in [4.78, 5) is 53.6. The smallest absolute Gasteiger partial charge is 0.282 e. The van der Waals surface area contributed by atoms with Crippen molar-refractivity contribution in [2.75, 3.05) is 26.2 Å². The van der Waals surface area contributed by atoms with Crippen molar-refractivity contribution in [3.63, 3.8) is 0 Å². The van der Waals surface area contributed by atoms with Crippen molar-refractivity contribution in [3.8, 4) is 17.2 Å². The highest BCUT2D eigenvalue weighted by Gasteiger charge is 2.58. The lowest BCUT2D eigenvalue weighted by molar-refractivity contribution is -0.385. The number of hydrogen-bond acceptors (Lipinski definition) is 8. The van der Waals surface area contributed by atoms with Crippen LogP contribution in [-0.2, 0) is 4.79 Å². The second-order valence-corrected chi connectivity index (χ2v) is 9.49. The Balaban J connectivity index is 1.68. The number of nitrogens with zero attached hydrogens (tertiary/aromatic N) is 3. The molecule has 0 aliphatic carbocycles. The van der Waals surface area contributed by atoms with Crippen molar-refractivity contribution < 1.29 is 33.5 Å². The van der Waals surface area contributed by atoms with E-state index in [0.717, 1.165) is 11.0 Å². The van der Waals surface area contributed by atoms with Gasteiger partial charge in [0.2, 0.25) is 5.75 Å². The highest BCUT2D eigenvalue weighted by molar-refractivity contribution is 6.35. The summed E-state index contributed by atoms with van der Waals surface area (Å²) in [6.07, 6.45) is 0. The lowest BCUT2D eigenvalue weighted by Gasteiger charge is -2.49. The number of ether oxygens (including phenoxy) is 3. The fraction of sp³-hybridized carbons (Fsp3) is 0.192. The van der Waals surface area contributed by atoms with Gasteiger partial charge < -0.3 is 19.1 Å². The van der Waals surface area contributed by atoms with Gasteiger partial charge in [-0.2, -0.15) is 0 Å². The molecule has 0 radical (unpaired) electrons. The number of carbonyl (C=O) groups is 3. The van der Waals surface area contributed by atoms with Crippen molar-refractivity contribution in [1.82, 2.24) is 4.90 Å². The summed E-state index contributed by atoms with van der Waals surface area (Å²) in [6.45, 7) is 0. The first-order chi connectivity index (χ1) is 18.6. The summed E-state index contributed by atoms with van der Waals surface area (Å²) in [6, 6.07) is 9.15. The maximum atomic E-state index is 13.7. The zero-order valence-electron chi connectivity index (χ0n) is 20.6. The van der Waals surface area contributed by atoms with Crippen LogP contribution in [0.3, 0.4) is 0 Å². The van der Waals surface area contributed by atoms with Gasteiger partial charge in [-0.25, -0.2) is 0 Å². The average molecular weight is 572 g/mol. The molecule has 39 heavy (non-hydrogen) atoms. The number of amides is 3. The number of fused-ring (bicyclic) bond motifs is 1. The summed E-state index contributed by atoms with van der Waals surface area (Å²) in [7, 11) is 4.27. The van der Waals surface area contributed by atoms with E-state index in [4.69, 9.17) is 37.4 Å². The van der Waals surface area contributed by atoms with Crippen LogP contribution in [0.4, 0.5) is 11.4 Å². The number of anilines is 1. The molecule has 200 valence electrons. The number of nitro benzene ring substituents is 1. The van der Waals surface area contributed by atoms with E-state index in [1.54, 1.807) is 12.1 Å². The van der Waals surface area contributed by atoms with Crippen LogP contribution in [0, 0.1) is 10.1 Å². The Morgan fingerprint density at radius 2 is 1.44 bits per heavy atom. The molecule has 0 saturated carbocycles. The summed E-state index contributed by atoms with van der Waals surface area (Å²) >= 11 is 12.4. The predicted molar refractivity (Wildman–Crippen MR) is 140 cm³/mol. The molecule has 0 unspecified atom stereocenters. The molecule has 1 saturated heterocycles. The lowest BCUT2D eigenvalue weighted by Crippen LogP contribution is -2.67. The molecule has 3 amide bonds. The van der Waals surface area contributed by atoms with E-state index in [9.17, 15) is 24.5 Å². The number of carbonyl (C=O) groups excluding carboxylic acids is 3. The lowest BCUT2D eigenvalue weighted by atomic mass is 9.86. The minimum Gasteiger partial charge on any atom is -0.493 e. The van der Waals surface area contributed by atoms with E-state index < -0.39 is 40.4 Å². The van der Waals surface area contributed by atoms with E-state index in [1.807, 2.05) is 0 Å². The van der Waals surface area contributed by atoms with Crippen LogP contribution in [0.15, 0.2) is 48.5 Å². The maximum absolute atomic E-state index is 13.7. The third-order valence-electron chi connectivity index (χ3n) is 6.62. The molecule has 0 bridgehead atoms. The second-order valence-electron chi connectivity index (χ2n) is 8.62. The van der Waals surface area contributed by atoms with Gasteiger partial charge in [-0.15, -0.1) is 0 Å². The number of nitro groups is 1. The van der Waals surface area contributed by atoms with Gasteiger partial charge in [0, 0.05) is 21.8 Å². The summed E-state index contributed by atoms with van der Waals surface area (Å²) in [5.41, 5.74) is -0.308. The SMILES string of the molecule is COc1cc([C@H]2[C@H](N3C(=O)c4cccc([N+](=O)[O-])c4C3=O)C(=O)N2c2cc(Cl)cc(Cl)c2)cc(OC)c1OC. The standard InChI is InChI=1S/C26H19Cl2N3O8/c1-37-18-7-12(8-19(38-2)23(18)39-3)21-22(26(34)29(21)15-10-13(27)9-14(28)11-15)30-24(32)16-5-4-6-17(31(35)36)20(16)25(30)33/h4-11,21-22H,1-3H3/t21-,22-/m0/s1. The van der Waals surface area contributed by atoms with Crippen LogP contribution in [0.2, 0.25) is 10.0 Å². The van der Waals surface area contributed by atoms with Crippen LogP contribution < -0.4 is 19.1 Å². The van der Waals surface area contributed by atoms with Gasteiger partial charge in [0.25, 0.3) is 23.4 Å². The van der Waals surface area contributed by atoms with Crippen LogP contribution in [0.1, 0.15) is 32.3 Å². The molecular weight excluding hydrogens is 553 g/mol. The van der Waals surface area contributed by atoms with Crippen molar-refractivity contribution >= 4 is 52.3 Å².